The minimum absolute atomic E-state index is 0.975. The van der Waals surface area contributed by atoms with E-state index in [-0.39, 0.29) is 0 Å². The van der Waals surface area contributed by atoms with E-state index >= 15 is 0 Å². The molecule has 1 nitrogen and oxygen atoms in total. The molecule has 1 aromatic rings. The van der Waals surface area contributed by atoms with Crippen molar-refractivity contribution in [3.63, 3.8) is 0 Å². The van der Waals surface area contributed by atoms with Crippen LogP contribution in [0.2, 0.25) is 0 Å². The van der Waals surface area contributed by atoms with E-state index < -0.39 is 0 Å². The second-order valence-corrected chi connectivity index (χ2v) is 3.67. The Morgan fingerprint density at radius 3 is 3.55 bits per heavy atom. The zero-order chi connectivity index (χ0) is 7.52. The summed E-state index contributed by atoms with van der Waals surface area (Å²) in [6.07, 6.45) is 0. The topological polar surface area (TPSA) is 12.0 Å². The molecule has 0 aliphatic carbocycles. The van der Waals surface area contributed by atoms with Crippen LogP contribution >= 0.6 is 11.8 Å². The Kier molecular flexibility index (Phi) is 2.15. The van der Waals surface area contributed by atoms with Gasteiger partial charge in [0.05, 0.1) is 0 Å². The summed E-state index contributed by atoms with van der Waals surface area (Å²) in [4.78, 5) is 1.39. The maximum absolute atomic E-state index is 3.35. The van der Waals surface area contributed by atoms with E-state index in [0.29, 0.717) is 0 Å². The zero-order valence-electron chi connectivity index (χ0n) is 6.26. The number of hydrogen-bond donors (Lipinski definition) is 1. The van der Waals surface area contributed by atoms with Crippen LogP contribution in [0.15, 0.2) is 23.1 Å². The minimum Gasteiger partial charge on any atom is -0.312 e. The fourth-order valence-corrected chi connectivity index (χ4v) is 2.12. The predicted molar refractivity (Wildman–Crippen MR) is 47.7 cm³/mol. The van der Waals surface area contributed by atoms with Crippen LogP contribution in [0.1, 0.15) is 5.56 Å². The van der Waals surface area contributed by atoms with Crippen molar-refractivity contribution in [3.8, 4) is 0 Å². The van der Waals surface area contributed by atoms with Crippen molar-refractivity contribution in [2.75, 3.05) is 12.3 Å². The predicted octanol–water partition coefficient (Wildman–Crippen LogP) is 1.68. The van der Waals surface area contributed by atoms with Gasteiger partial charge in [-0.2, -0.15) is 0 Å². The van der Waals surface area contributed by atoms with E-state index in [4.69, 9.17) is 0 Å². The van der Waals surface area contributed by atoms with Crippen LogP contribution in [0.4, 0.5) is 0 Å². The number of nitrogens with one attached hydrogen (secondary N) is 1. The zero-order valence-corrected chi connectivity index (χ0v) is 7.08. The first-order valence-corrected chi connectivity index (χ1v) is 4.78. The molecule has 0 saturated heterocycles. The first kappa shape index (κ1) is 7.19. The highest BCUT2D eigenvalue weighted by atomic mass is 32.2. The standard InChI is InChI=1S/C9H10NS/c1-2-4-9-8(3-1)7-10-5-6-11-9/h1-2,4,10H,5-7H2. The second kappa shape index (κ2) is 3.28. The average Bonchev–Trinajstić information content (AvgIpc) is 2.28. The molecule has 0 atom stereocenters. The number of hydrogen-bond acceptors (Lipinski definition) is 2. The van der Waals surface area contributed by atoms with Gasteiger partial charge in [-0.25, -0.2) is 0 Å². The van der Waals surface area contributed by atoms with Crippen LogP contribution < -0.4 is 5.32 Å². The van der Waals surface area contributed by atoms with Crippen molar-refractivity contribution in [2.45, 2.75) is 11.4 Å². The molecule has 11 heavy (non-hydrogen) atoms. The van der Waals surface area contributed by atoms with E-state index in [1.54, 1.807) is 0 Å². The summed E-state index contributed by atoms with van der Waals surface area (Å²) in [5.74, 6) is 1.17. The number of benzene rings is 1. The Bertz CT molecular complexity index is 222. The van der Waals surface area contributed by atoms with Gasteiger partial charge in [0.1, 0.15) is 0 Å². The molecule has 0 fully saturated rings. The van der Waals surface area contributed by atoms with E-state index in [9.17, 15) is 0 Å². The lowest BCUT2D eigenvalue weighted by molar-refractivity contribution is 0.731. The van der Waals surface area contributed by atoms with Crippen LogP contribution in [0.25, 0.3) is 0 Å². The summed E-state index contributed by atoms with van der Waals surface area (Å²) >= 11 is 1.92. The lowest BCUT2D eigenvalue weighted by Crippen LogP contribution is -2.13. The molecule has 0 spiro atoms. The van der Waals surface area contributed by atoms with Crippen LogP contribution in [-0.2, 0) is 6.54 Å². The van der Waals surface area contributed by atoms with E-state index in [2.05, 4.69) is 23.5 Å². The molecule has 1 N–H and O–H groups in total. The molecule has 2 rings (SSSR count). The third-order valence-electron chi connectivity index (χ3n) is 1.74. The number of fused-ring (bicyclic) bond motifs is 1. The fraction of sp³-hybridized carbons (Fsp3) is 0.333. The van der Waals surface area contributed by atoms with Gasteiger partial charge in [0.15, 0.2) is 0 Å². The molecule has 57 valence electrons. The van der Waals surface area contributed by atoms with Crippen molar-refractivity contribution in [1.82, 2.24) is 5.32 Å². The van der Waals surface area contributed by atoms with Gasteiger partial charge in [0.2, 0.25) is 0 Å². The van der Waals surface area contributed by atoms with Crippen LogP contribution in [0, 0.1) is 6.07 Å². The molecule has 1 radical (unpaired) electrons. The number of thioether (sulfide) groups is 1. The highest BCUT2D eigenvalue weighted by Crippen LogP contribution is 2.23. The van der Waals surface area contributed by atoms with Gasteiger partial charge in [0, 0.05) is 23.7 Å². The Morgan fingerprint density at radius 2 is 2.55 bits per heavy atom. The maximum Gasteiger partial charge on any atom is 0.0223 e. The highest BCUT2D eigenvalue weighted by molar-refractivity contribution is 7.99. The summed E-state index contributed by atoms with van der Waals surface area (Å²) in [5, 5.41) is 3.35. The smallest absolute Gasteiger partial charge is 0.0223 e. The van der Waals surface area contributed by atoms with E-state index in [1.165, 1.54) is 16.2 Å². The Hall–Kier alpha value is -0.470. The average molecular weight is 164 g/mol. The van der Waals surface area contributed by atoms with Gasteiger partial charge in [-0.1, -0.05) is 12.1 Å². The molecule has 0 bridgehead atoms. The third-order valence-corrected chi connectivity index (χ3v) is 2.84. The molecule has 1 aliphatic heterocycles. The van der Waals surface area contributed by atoms with Gasteiger partial charge < -0.3 is 5.32 Å². The highest BCUT2D eigenvalue weighted by Gasteiger charge is 2.05. The van der Waals surface area contributed by atoms with Gasteiger partial charge >= 0.3 is 0 Å². The lowest BCUT2D eigenvalue weighted by Gasteiger charge is -2.01. The Balaban J connectivity index is 2.33. The summed E-state index contributed by atoms with van der Waals surface area (Å²) < 4.78 is 0. The molecule has 1 heterocycles. The Morgan fingerprint density at radius 1 is 1.55 bits per heavy atom. The lowest BCUT2D eigenvalue weighted by atomic mass is 10.2. The molecular formula is C9H10NS. The van der Waals surface area contributed by atoms with E-state index in [0.717, 1.165) is 13.1 Å². The molecule has 0 saturated carbocycles. The van der Waals surface area contributed by atoms with Crippen molar-refractivity contribution in [1.29, 1.82) is 0 Å². The van der Waals surface area contributed by atoms with E-state index in [1.807, 2.05) is 17.8 Å². The molecule has 0 amide bonds. The molecule has 2 heteroatoms. The van der Waals surface area contributed by atoms with Gasteiger partial charge in [-0.3, -0.25) is 0 Å². The molecule has 0 unspecified atom stereocenters. The van der Waals surface area contributed by atoms with Crippen LogP contribution in [0.5, 0.6) is 0 Å². The normalized spacial score (nSPS) is 17.1. The summed E-state index contributed by atoms with van der Waals surface area (Å²) in [5.41, 5.74) is 1.31. The second-order valence-electron chi connectivity index (χ2n) is 2.54. The molecule has 1 aliphatic rings. The molecule has 0 aromatic heterocycles. The summed E-state index contributed by atoms with van der Waals surface area (Å²) in [6, 6.07) is 9.45. The van der Waals surface area contributed by atoms with Crippen molar-refractivity contribution < 1.29 is 0 Å². The Labute approximate surface area is 71.2 Å². The van der Waals surface area contributed by atoms with Crippen molar-refractivity contribution in [2.24, 2.45) is 0 Å². The molecular weight excluding hydrogens is 154 g/mol. The quantitative estimate of drug-likeness (QED) is 0.626. The number of rotatable bonds is 0. The monoisotopic (exact) mass is 164 g/mol. The van der Waals surface area contributed by atoms with Gasteiger partial charge in [0.25, 0.3) is 0 Å². The largest absolute Gasteiger partial charge is 0.312 e. The van der Waals surface area contributed by atoms with Gasteiger partial charge in [-0.05, 0) is 17.7 Å². The SMILES string of the molecule is [c]1cccc2c1CNCCS2. The van der Waals surface area contributed by atoms with Crippen molar-refractivity contribution in [3.05, 3.63) is 29.8 Å². The fourth-order valence-electron chi connectivity index (χ4n) is 1.18. The van der Waals surface area contributed by atoms with Gasteiger partial charge in [-0.15, -0.1) is 11.8 Å². The van der Waals surface area contributed by atoms with Crippen molar-refractivity contribution >= 4 is 11.8 Å². The third kappa shape index (κ3) is 1.57. The maximum atomic E-state index is 3.35. The van der Waals surface area contributed by atoms with Crippen LogP contribution in [-0.4, -0.2) is 12.3 Å². The summed E-state index contributed by atoms with van der Waals surface area (Å²) in [7, 11) is 0. The molecule has 1 aromatic carbocycles. The van der Waals surface area contributed by atoms with Crippen LogP contribution in [0.3, 0.4) is 0 Å². The first-order chi connectivity index (χ1) is 5.47. The summed E-state index contributed by atoms with van der Waals surface area (Å²) in [6.45, 7) is 2.08. The minimum atomic E-state index is 0.975. The first-order valence-electron chi connectivity index (χ1n) is 3.80.